The summed E-state index contributed by atoms with van der Waals surface area (Å²) >= 11 is 0. The molecule has 108 valence electrons. The molecule has 0 aromatic rings. The number of rotatable bonds is 7. The third kappa shape index (κ3) is 6.75. The Labute approximate surface area is 114 Å². The van der Waals surface area contributed by atoms with Crippen LogP contribution in [-0.4, -0.2) is 25.3 Å². The van der Waals surface area contributed by atoms with Crippen LogP contribution in [0.3, 0.4) is 0 Å². The van der Waals surface area contributed by atoms with Crippen LogP contribution in [0, 0.1) is 5.92 Å². The van der Waals surface area contributed by atoms with E-state index in [1.54, 1.807) is 0 Å². The molecule has 0 aromatic carbocycles. The molecule has 1 saturated carbocycles. The highest BCUT2D eigenvalue weighted by Gasteiger charge is 2.22. The maximum Gasteiger partial charge on any atom is 0.0728 e. The van der Waals surface area contributed by atoms with Crippen molar-refractivity contribution in [2.24, 2.45) is 5.92 Å². The van der Waals surface area contributed by atoms with Crippen LogP contribution in [0.25, 0.3) is 0 Å². The van der Waals surface area contributed by atoms with Gasteiger partial charge in [0.25, 0.3) is 0 Å². The van der Waals surface area contributed by atoms with E-state index in [0.29, 0.717) is 12.1 Å². The lowest BCUT2D eigenvalue weighted by atomic mass is 9.94. The van der Waals surface area contributed by atoms with Gasteiger partial charge in [0.05, 0.1) is 6.10 Å². The summed E-state index contributed by atoms with van der Waals surface area (Å²) in [6.07, 6.45) is 10.9. The minimum absolute atomic E-state index is 0.454. The lowest BCUT2D eigenvalue weighted by Gasteiger charge is -2.30. The second-order valence-corrected chi connectivity index (χ2v) is 6.14. The second kappa shape index (κ2) is 9.80. The van der Waals surface area contributed by atoms with E-state index in [-0.39, 0.29) is 0 Å². The first kappa shape index (κ1) is 16.0. The van der Waals surface area contributed by atoms with Crippen LogP contribution in [-0.2, 0) is 4.74 Å². The molecule has 0 saturated heterocycles. The Balaban J connectivity index is 2.37. The summed E-state index contributed by atoms with van der Waals surface area (Å²) in [4.78, 5) is 0. The summed E-state index contributed by atoms with van der Waals surface area (Å²) < 4.78 is 6.18. The highest BCUT2D eigenvalue weighted by Crippen LogP contribution is 2.21. The molecule has 0 heterocycles. The number of ether oxygens (including phenoxy) is 1. The van der Waals surface area contributed by atoms with Crippen molar-refractivity contribution in [1.29, 1.82) is 0 Å². The molecule has 2 unspecified atom stereocenters. The highest BCUT2D eigenvalue weighted by molar-refractivity contribution is 4.79. The number of hydrogen-bond donors (Lipinski definition) is 1. The monoisotopic (exact) mass is 255 g/mol. The molecule has 1 N–H and O–H groups in total. The van der Waals surface area contributed by atoms with Gasteiger partial charge in [0.2, 0.25) is 0 Å². The Hall–Kier alpha value is -0.0800. The average molecular weight is 255 g/mol. The van der Waals surface area contributed by atoms with Gasteiger partial charge in [-0.1, -0.05) is 46.5 Å². The fourth-order valence-corrected chi connectivity index (χ4v) is 2.67. The molecule has 0 amide bonds. The topological polar surface area (TPSA) is 21.3 Å². The lowest BCUT2D eigenvalue weighted by Crippen LogP contribution is -2.42. The van der Waals surface area contributed by atoms with Gasteiger partial charge in [0.1, 0.15) is 0 Å². The van der Waals surface area contributed by atoms with Gasteiger partial charge in [0, 0.05) is 12.6 Å². The first-order valence-electron chi connectivity index (χ1n) is 8.09. The van der Waals surface area contributed by atoms with Gasteiger partial charge in [-0.05, 0) is 38.1 Å². The second-order valence-electron chi connectivity index (χ2n) is 6.14. The van der Waals surface area contributed by atoms with Crippen LogP contribution in [0.5, 0.6) is 0 Å². The van der Waals surface area contributed by atoms with Gasteiger partial charge in [-0.3, -0.25) is 0 Å². The zero-order chi connectivity index (χ0) is 13.2. The molecular formula is C16H33NO. The molecule has 0 aliphatic heterocycles. The first-order valence-corrected chi connectivity index (χ1v) is 8.09. The molecule has 1 aliphatic carbocycles. The summed E-state index contributed by atoms with van der Waals surface area (Å²) in [5.41, 5.74) is 0. The van der Waals surface area contributed by atoms with Crippen LogP contribution in [0.4, 0.5) is 0 Å². The van der Waals surface area contributed by atoms with Crippen molar-refractivity contribution in [3.8, 4) is 0 Å². The quantitative estimate of drug-likeness (QED) is 0.738. The van der Waals surface area contributed by atoms with Crippen molar-refractivity contribution in [3.63, 3.8) is 0 Å². The molecule has 0 spiro atoms. The maximum absolute atomic E-state index is 6.18. The third-order valence-electron chi connectivity index (χ3n) is 3.89. The summed E-state index contributed by atoms with van der Waals surface area (Å²) in [6, 6.07) is 0.595. The molecule has 0 aromatic heterocycles. The molecular weight excluding hydrogens is 222 g/mol. The average Bonchev–Trinajstić information content (AvgIpc) is 2.31. The zero-order valence-electron chi connectivity index (χ0n) is 12.7. The number of hydrogen-bond acceptors (Lipinski definition) is 2. The SMILES string of the molecule is CCCNC1CCCCCCC1OCCC(C)C. The van der Waals surface area contributed by atoms with Crippen LogP contribution >= 0.6 is 0 Å². The van der Waals surface area contributed by atoms with E-state index in [1.165, 1.54) is 51.4 Å². The van der Waals surface area contributed by atoms with Gasteiger partial charge in [0.15, 0.2) is 0 Å². The normalized spacial score (nSPS) is 26.0. The molecule has 18 heavy (non-hydrogen) atoms. The molecule has 0 bridgehead atoms. The van der Waals surface area contributed by atoms with Crippen molar-refractivity contribution in [2.45, 2.75) is 84.3 Å². The van der Waals surface area contributed by atoms with Crippen LogP contribution in [0.15, 0.2) is 0 Å². The molecule has 1 fully saturated rings. The smallest absolute Gasteiger partial charge is 0.0728 e. The highest BCUT2D eigenvalue weighted by atomic mass is 16.5. The van der Waals surface area contributed by atoms with Gasteiger partial charge in [-0.2, -0.15) is 0 Å². The standard InChI is InChI=1S/C16H33NO/c1-4-12-17-15-9-7-5-6-8-10-16(15)18-13-11-14(2)3/h14-17H,4-13H2,1-3H3. The Morgan fingerprint density at radius 3 is 2.50 bits per heavy atom. The Morgan fingerprint density at radius 1 is 1.11 bits per heavy atom. The van der Waals surface area contributed by atoms with Crippen LogP contribution < -0.4 is 5.32 Å². The van der Waals surface area contributed by atoms with E-state index in [0.717, 1.165) is 19.1 Å². The molecule has 2 atom stereocenters. The van der Waals surface area contributed by atoms with Gasteiger partial charge in [-0.25, -0.2) is 0 Å². The van der Waals surface area contributed by atoms with Crippen molar-refractivity contribution in [2.75, 3.05) is 13.2 Å². The summed E-state index contributed by atoms with van der Waals surface area (Å²) in [5.74, 6) is 0.751. The van der Waals surface area contributed by atoms with E-state index >= 15 is 0 Å². The van der Waals surface area contributed by atoms with E-state index in [1.807, 2.05) is 0 Å². The molecule has 1 rings (SSSR count). The predicted molar refractivity (Wildman–Crippen MR) is 79.0 cm³/mol. The van der Waals surface area contributed by atoms with Gasteiger partial charge >= 0.3 is 0 Å². The Kier molecular flexibility index (Phi) is 8.70. The Bertz CT molecular complexity index is 192. The van der Waals surface area contributed by atoms with Crippen molar-refractivity contribution < 1.29 is 4.74 Å². The summed E-state index contributed by atoms with van der Waals surface area (Å²) in [6.45, 7) is 8.86. The van der Waals surface area contributed by atoms with E-state index in [4.69, 9.17) is 4.74 Å². The van der Waals surface area contributed by atoms with E-state index in [2.05, 4.69) is 26.1 Å². The molecule has 2 nitrogen and oxygen atoms in total. The molecule has 2 heteroatoms. The maximum atomic E-state index is 6.18. The largest absolute Gasteiger partial charge is 0.377 e. The molecule has 0 radical (unpaired) electrons. The van der Waals surface area contributed by atoms with Crippen molar-refractivity contribution in [3.05, 3.63) is 0 Å². The third-order valence-corrected chi connectivity index (χ3v) is 3.89. The fraction of sp³-hybridized carbons (Fsp3) is 1.00. The molecule has 1 aliphatic rings. The summed E-state index contributed by atoms with van der Waals surface area (Å²) in [7, 11) is 0. The minimum Gasteiger partial charge on any atom is -0.377 e. The zero-order valence-corrected chi connectivity index (χ0v) is 12.7. The fourth-order valence-electron chi connectivity index (χ4n) is 2.67. The minimum atomic E-state index is 0.454. The van der Waals surface area contributed by atoms with Crippen LogP contribution in [0.1, 0.15) is 72.1 Å². The van der Waals surface area contributed by atoms with Gasteiger partial charge < -0.3 is 10.1 Å². The van der Waals surface area contributed by atoms with E-state index in [9.17, 15) is 0 Å². The predicted octanol–water partition coefficient (Wildman–Crippen LogP) is 4.14. The van der Waals surface area contributed by atoms with Crippen LogP contribution in [0.2, 0.25) is 0 Å². The van der Waals surface area contributed by atoms with Gasteiger partial charge in [-0.15, -0.1) is 0 Å². The van der Waals surface area contributed by atoms with Crippen molar-refractivity contribution in [1.82, 2.24) is 5.32 Å². The number of nitrogens with one attached hydrogen (secondary N) is 1. The first-order chi connectivity index (χ1) is 8.74. The summed E-state index contributed by atoms with van der Waals surface area (Å²) in [5, 5.41) is 3.70. The lowest BCUT2D eigenvalue weighted by molar-refractivity contribution is 0.00857. The Morgan fingerprint density at radius 2 is 1.83 bits per heavy atom. The van der Waals surface area contributed by atoms with Crippen molar-refractivity contribution >= 4 is 0 Å². The van der Waals surface area contributed by atoms with E-state index < -0.39 is 0 Å².